The number of hydrogen-bond acceptors (Lipinski definition) is 4. The fourth-order valence-corrected chi connectivity index (χ4v) is 5.32. The summed E-state index contributed by atoms with van der Waals surface area (Å²) in [4.78, 5) is 1.92. The largest absolute Gasteiger partial charge is 0.357 e. The number of thiophene rings is 1. The maximum Gasteiger partial charge on any atom is 0.110 e. The molecular weight excluding hydrogens is 326 g/mol. The van der Waals surface area contributed by atoms with Gasteiger partial charge in [-0.2, -0.15) is 10.5 Å². The summed E-state index contributed by atoms with van der Waals surface area (Å²) in [5, 5.41) is 21.9. The van der Waals surface area contributed by atoms with Crippen molar-refractivity contribution in [2.24, 2.45) is 0 Å². The Hall–Kier alpha value is -2.56. The van der Waals surface area contributed by atoms with E-state index in [2.05, 4.69) is 42.6 Å². The SMILES string of the molecule is Cc1cc(C#N)sc1-c1ccc2c(c1)C1(CCCCC1)/C(=C/C#N)N2. The molecular formula is C21H19N3S. The molecule has 4 rings (SSSR count). The highest BCUT2D eigenvalue weighted by atomic mass is 32.1. The summed E-state index contributed by atoms with van der Waals surface area (Å²) in [5.41, 5.74) is 5.79. The van der Waals surface area contributed by atoms with Gasteiger partial charge >= 0.3 is 0 Å². The predicted octanol–water partition coefficient (Wildman–Crippen LogP) is 5.63. The van der Waals surface area contributed by atoms with E-state index in [1.165, 1.54) is 35.3 Å². The molecule has 0 unspecified atom stereocenters. The lowest BCUT2D eigenvalue weighted by Gasteiger charge is -2.34. The van der Waals surface area contributed by atoms with Crippen LogP contribution >= 0.6 is 11.3 Å². The standard InChI is InChI=1S/C21H19N3S/c1-14-11-16(13-23)25-20(14)15-5-6-18-17(12-15)21(8-3-2-4-9-21)19(24-18)7-10-22/h5-7,11-12,24H,2-4,8-9H2,1H3/b19-7-. The number of benzene rings is 1. The van der Waals surface area contributed by atoms with Crippen LogP contribution in [0.15, 0.2) is 36.0 Å². The van der Waals surface area contributed by atoms with E-state index in [0.717, 1.165) is 34.7 Å². The topological polar surface area (TPSA) is 59.6 Å². The van der Waals surface area contributed by atoms with Crippen LogP contribution in [-0.2, 0) is 5.41 Å². The van der Waals surface area contributed by atoms with Crippen LogP contribution in [0.1, 0.15) is 48.1 Å². The molecule has 1 fully saturated rings. The summed E-state index contributed by atoms with van der Waals surface area (Å²) in [6, 6.07) is 13.0. The molecule has 2 aliphatic rings. The van der Waals surface area contributed by atoms with Crippen LogP contribution in [0.4, 0.5) is 5.69 Å². The van der Waals surface area contributed by atoms with Crippen LogP contribution in [0.25, 0.3) is 10.4 Å². The molecule has 1 spiro atoms. The van der Waals surface area contributed by atoms with E-state index >= 15 is 0 Å². The lowest BCUT2D eigenvalue weighted by Crippen LogP contribution is -2.29. The average molecular weight is 345 g/mol. The molecule has 25 heavy (non-hydrogen) atoms. The van der Waals surface area contributed by atoms with Crippen molar-refractivity contribution in [3.8, 4) is 22.6 Å². The zero-order valence-electron chi connectivity index (χ0n) is 14.2. The number of rotatable bonds is 1. The summed E-state index contributed by atoms with van der Waals surface area (Å²) < 4.78 is 0. The van der Waals surface area contributed by atoms with Gasteiger partial charge in [-0.25, -0.2) is 0 Å². The van der Waals surface area contributed by atoms with Crippen LogP contribution in [0.2, 0.25) is 0 Å². The minimum absolute atomic E-state index is 0.0391. The van der Waals surface area contributed by atoms with Crippen molar-refractivity contribution in [1.82, 2.24) is 0 Å². The van der Waals surface area contributed by atoms with E-state index in [1.807, 2.05) is 6.07 Å². The highest BCUT2D eigenvalue weighted by Gasteiger charge is 2.44. The van der Waals surface area contributed by atoms with Crippen LogP contribution in [0.5, 0.6) is 0 Å². The van der Waals surface area contributed by atoms with E-state index in [0.29, 0.717) is 0 Å². The molecule has 1 aliphatic carbocycles. The summed E-state index contributed by atoms with van der Waals surface area (Å²) in [5.74, 6) is 0. The molecule has 0 amide bonds. The average Bonchev–Trinajstić information content (AvgIpc) is 3.15. The quantitative estimate of drug-likeness (QED) is 0.681. The summed E-state index contributed by atoms with van der Waals surface area (Å²) in [6.07, 6.45) is 7.55. The molecule has 1 saturated carbocycles. The van der Waals surface area contributed by atoms with E-state index in [1.54, 1.807) is 17.4 Å². The number of anilines is 1. The van der Waals surface area contributed by atoms with Crippen molar-refractivity contribution in [2.45, 2.75) is 44.4 Å². The summed E-state index contributed by atoms with van der Waals surface area (Å²) in [7, 11) is 0. The predicted molar refractivity (Wildman–Crippen MR) is 101 cm³/mol. The van der Waals surface area contributed by atoms with Gasteiger partial charge in [-0.1, -0.05) is 25.3 Å². The normalized spacial score (nSPS) is 19.2. The third-order valence-electron chi connectivity index (χ3n) is 5.53. The van der Waals surface area contributed by atoms with Crippen LogP contribution in [0.3, 0.4) is 0 Å². The third-order valence-corrected chi connectivity index (χ3v) is 6.72. The number of aryl methyl sites for hydroxylation is 1. The second-order valence-corrected chi connectivity index (χ2v) is 8.00. The lowest BCUT2D eigenvalue weighted by molar-refractivity contribution is 0.350. The number of nitrogens with zero attached hydrogens (tertiary/aromatic N) is 2. The zero-order valence-corrected chi connectivity index (χ0v) is 15.0. The van der Waals surface area contributed by atoms with E-state index < -0.39 is 0 Å². The third kappa shape index (κ3) is 2.46. The molecule has 3 nitrogen and oxygen atoms in total. The Bertz CT molecular complexity index is 946. The van der Waals surface area contributed by atoms with Gasteiger partial charge in [-0.05, 0) is 54.7 Å². The van der Waals surface area contributed by atoms with Gasteiger partial charge in [0.15, 0.2) is 0 Å². The van der Waals surface area contributed by atoms with Gasteiger partial charge in [-0.15, -0.1) is 11.3 Å². The van der Waals surface area contributed by atoms with Crippen molar-refractivity contribution in [3.05, 3.63) is 52.0 Å². The van der Waals surface area contributed by atoms with E-state index in [-0.39, 0.29) is 5.41 Å². The second-order valence-electron chi connectivity index (χ2n) is 6.95. The Morgan fingerprint density at radius 3 is 2.64 bits per heavy atom. The molecule has 0 radical (unpaired) electrons. The highest BCUT2D eigenvalue weighted by Crippen LogP contribution is 2.53. The van der Waals surface area contributed by atoms with Gasteiger partial charge < -0.3 is 5.32 Å². The number of allylic oxidation sites excluding steroid dienone is 2. The first-order valence-corrected chi connectivity index (χ1v) is 9.52. The molecule has 2 heterocycles. The molecule has 1 N–H and O–H groups in total. The van der Waals surface area contributed by atoms with Crippen molar-refractivity contribution in [2.75, 3.05) is 5.32 Å². The first kappa shape index (κ1) is 15.9. The number of nitrogens with one attached hydrogen (secondary N) is 1. The molecule has 0 bridgehead atoms. The van der Waals surface area contributed by atoms with Gasteiger partial charge in [0.1, 0.15) is 10.9 Å². The molecule has 2 aromatic rings. The van der Waals surface area contributed by atoms with Crippen LogP contribution in [-0.4, -0.2) is 0 Å². The molecule has 124 valence electrons. The molecule has 4 heteroatoms. The molecule has 1 aromatic heterocycles. The fourth-order valence-electron chi connectivity index (χ4n) is 4.36. The lowest BCUT2D eigenvalue weighted by atomic mass is 9.68. The van der Waals surface area contributed by atoms with Crippen molar-refractivity contribution >= 4 is 17.0 Å². The first-order valence-electron chi connectivity index (χ1n) is 8.71. The maximum absolute atomic E-state index is 9.22. The highest BCUT2D eigenvalue weighted by molar-refractivity contribution is 7.16. The van der Waals surface area contributed by atoms with Gasteiger partial charge in [0.05, 0.1) is 6.07 Å². The Balaban J connectivity index is 1.86. The van der Waals surface area contributed by atoms with Gasteiger partial charge in [0.25, 0.3) is 0 Å². The second kappa shape index (κ2) is 6.06. The summed E-state index contributed by atoms with van der Waals surface area (Å²) in [6.45, 7) is 2.07. The Kier molecular flexibility index (Phi) is 3.86. The van der Waals surface area contributed by atoms with Gasteiger partial charge in [-0.3, -0.25) is 0 Å². The first-order chi connectivity index (χ1) is 12.2. The summed E-state index contributed by atoms with van der Waals surface area (Å²) >= 11 is 1.56. The Labute approximate surface area is 152 Å². The Morgan fingerprint density at radius 1 is 1.16 bits per heavy atom. The molecule has 1 aromatic carbocycles. The van der Waals surface area contributed by atoms with E-state index in [9.17, 15) is 10.5 Å². The minimum Gasteiger partial charge on any atom is -0.357 e. The molecule has 0 saturated heterocycles. The number of fused-ring (bicyclic) bond motifs is 2. The minimum atomic E-state index is -0.0391. The number of hydrogen-bond donors (Lipinski definition) is 1. The Morgan fingerprint density at radius 2 is 1.96 bits per heavy atom. The van der Waals surface area contributed by atoms with Crippen LogP contribution in [0, 0.1) is 29.6 Å². The van der Waals surface area contributed by atoms with Crippen LogP contribution < -0.4 is 5.32 Å². The van der Waals surface area contributed by atoms with Gasteiger partial charge in [0.2, 0.25) is 0 Å². The van der Waals surface area contributed by atoms with Crippen molar-refractivity contribution in [3.63, 3.8) is 0 Å². The van der Waals surface area contributed by atoms with Gasteiger partial charge in [0, 0.05) is 27.8 Å². The molecule has 1 aliphatic heterocycles. The van der Waals surface area contributed by atoms with Crippen molar-refractivity contribution in [1.29, 1.82) is 10.5 Å². The van der Waals surface area contributed by atoms with Crippen molar-refractivity contribution < 1.29 is 0 Å². The van der Waals surface area contributed by atoms with E-state index in [4.69, 9.17) is 0 Å². The zero-order chi connectivity index (χ0) is 17.4. The number of nitriles is 2. The maximum atomic E-state index is 9.22. The smallest absolute Gasteiger partial charge is 0.110 e. The monoisotopic (exact) mass is 345 g/mol. The molecule has 0 atom stereocenters. The fraction of sp³-hybridized carbons (Fsp3) is 0.333.